The Morgan fingerprint density at radius 1 is 0.966 bits per heavy atom. The first kappa shape index (κ1) is 19.2. The third kappa shape index (κ3) is 4.24. The number of allylic oxidation sites excluding steroid dienone is 3. The highest BCUT2D eigenvalue weighted by atomic mass is 32.2. The maximum atomic E-state index is 4.61. The lowest BCUT2D eigenvalue weighted by atomic mass is 9.87. The van der Waals surface area contributed by atoms with Crippen molar-refractivity contribution in [3.63, 3.8) is 0 Å². The van der Waals surface area contributed by atoms with Crippen LogP contribution in [0.25, 0.3) is 5.57 Å². The minimum Gasteiger partial charge on any atom is -0.368 e. The molecule has 0 radical (unpaired) electrons. The van der Waals surface area contributed by atoms with Crippen LogP contribution in [0.15, 0.2) is 60.4 Å². The topological polar surface area (TPSA) is 19.4 Å². The lowest BCUT2D eigenvalue weighted by Crippen LogP contribution is -2.38. The number of thioether (sulfide) groups is 1. The molecule has 0 amide bonds. The van der Waals surface area contributed by atoms with Gasteiger partial charge in [-0.3, -0.25) is 4.98 Å². The number of hydrogen-bond acceptors (Lipinski definition) is 4. The van der Waals surface area contributed by atoms with Crippen molar-refractivity contribution in [1.29, 1.82) is 0 Å². The van der Waals surface area contributed by atoms with Gasteiger partial charge in [0.25, 0.3) is 0 Å². The average Bonchev–Trinajstić information content (AvgIpc) is 3.35. The van der Waals surface area contributed by atoms with Crippen LogP contribution in [-0.2, 0) is 0 Å². The molecule has 0 spiro atoms. The lowest BCUT2D eigenvalue weighted by Gasteiger charge is -2.30. The first-order chi connectivity index (χ1) is 14.4. The predicted octanol–water partition coefficient (Wildman–Crippen LogP) is 5.07. The summed E-state index contributed by atoms with van der Waals surface area (Å²) in [7, 11) is 0. The molecule has 1 aliphatic carbocycles. The molecule has 1 aromatic heterocycles. The molecule has 4 heteroatoms. The fourth-order valence-corrected chi connectivity index (χ4v) is 5.96. The third-order valence-electron chi connectivity index (χ3n) is 6.73. The van der Waals surface area contributed by atoms with Gasteiger partial charge in [-0.2, -0.15) is 0 Å². The Kier molecular flexibility index (Phi) is 5.91. The van der Waals surface area contributed by atoms with Crippen LogP contribution in [0.3, 0.4) is 0 Å². The Bertz CT molecular complexity index is 832. The van der Waals surface area contributed by atoms with E-state index in [-0.39, 0.29) is 0 Å². The highest BCUT2D eigenvalue weighted by Gasteiger charge is 2.34. The number of aromatic nitrogens is 1. The van der Waals surface area contributed by atoms with Gasteiger partial charge in [-0.25, -0.2) is 0 Å². The molecule has 152 valence electrons. The summed E-state index contributed by atoms with van der Waals surface area (Å²) < 4.78 is 0. The molecule has 0 bridgehead atoms. The van der Waals surface area contributed by atoms with Crippen molar-refractivity contribution >= 4 is 17.3 Å². The Hall–Kier alpha value is -1.78. The summed E-state index contributed by atoms with van der Waals surface area (Å²) in [5.41, 5.74) is 4.06. The summed E-state index contributed by atoms with van der Waals surface area (Å²) in [6.45, 7) is 4.82. The Labute approximate surface area is 179 Å². The average molecular weight is 406 g/mol. The van der Waals surface area contributed by atoms with E-state index in [0.29, 0.717) is 17.9 Å². The van der Waals surface area contributed by atoms with E-state index < -0.39 is 0 Å². The summed E-state index contributed by atoms with van der Waals surface area (Å²) in [6, 6.07) is 2.83. The van der Waals surface area contributed by atoms with Crippen molar-refractivity contribution in [2.45, 2.75) is 37.6 Å². The minimum absolute atomic E-state index is 0.440. The molecule has 1 fully saturated rings. The summed E-state index contributed by atoms with van der Waals surface area (Å²) in [5.74, 6) is 2.08. The molecule has 3 unspecified atom stereocenters. The number of hydrogen-bond donors (Lipinski definition) is 0. The second-order valence-corrected chi connectivity index (χ2v) is 9.58. The van der Waals surface area contributed by atoms with Crippen molar-refractivity contribution in [2.24, 2.45) is 5.92 Å². The Balaban J connectivity index is 1.35. The van der Waals surface area contributed by atoms with Gasteiger partial charge in [-0.05, 0) is 54.1 Å². The van der Waals surface area contributed by atoms with Crippen LogP contribution < -0.4 is 0 Å². The van der Waals surface area contributed by atoms with Crippen molar-refractivity contribution in [1.82, 2.24) is 14.8 Å². The smallest absolute Gasteiger partial charge is 0.0575 e. The maximum Gasteiger partial charge on any atom is 0.0575 e. The summed E-state index contributed by atoms with van der Waals surface area (Å²) >= 11 is 1.90. The summed E-state index contributed by atoms with van der Waals surface area (Å²) in [6.07, 6.45) is 23.6. The zero-order chi connectivity index (χ0) is 19.5. The molecule has 3 nitrogen and oxygen atoms in total. The van der Waals surface area contributed by atoms with Gasteiger partial charge in [-0.15, -0.1) is 11.8 Å². The van der Waals surface area contributed by atoms with Crippen LogP contribution in [0.4, 0.5) is 0 Å². The molecule has 0 aromatic carbocycles. The molecule has 3 aliphatic heterocycles. The van der Waals surface area contributed by atoms with Gasteiger partial charge in [0.2, 0.25) is 0 Å². The van der Waals surface area contributed by atoms with Crippen LogP contribution in [-0.4, -0.2) is 52.8 Å². The Morgan fingerprint density at radius 3 is 2.66 bits per heavy atom. The fourth-order valence-electron chi connectivity index (χ4n) is 5.04. The third-order valence-corrected chi connectivity index (χ3v) is 7.63. The molecule has 1 saturated heterocycles. The van der Waals surface area contributed by atoms with Crippen LogP contribution >= 0.6 is 11.8 Å². The zero-order valence-electron chi connectivity index (χ0n) is 17.1. The quantitative estimate of drug-likeness (QED) is 0.681. The van der Waals surface area contributed by atoms with Gasteiger partial charge in [0.05, 0.1) is 6.04 Å². The van der Waals surface area contributed by atoms with Gasteiger partial charge in [0, 0.05) is 49.3 Å². The van der Waals surface area contributed by atoms with E-state index >= 15 is 0 Å². The van der Waals surface area contributed by atoms with Gasteiger partial charge in [0.15, 0.2) is 0 Å². The number of nitrogens with zero attached hydrogens (tertiary/aromatic N) is 3. The molecule has 3 atom stereocenters. The van der Waals surface area contributed by atoms with Crippen molar-refractivity contribution in [3.8, 4) is 0 Å². The van der Waals surface area contributed by atoms with Crippen molar-refractivity contribution in [3.05, 3.63) is 71.6 Å². The van der Waals surface area contributed by atoms with Crippen LogP contribution in [0.1, 0.15) is 42.7 Å². The van der Waals surface area contributed by atoms with E-state index in [1.165, 1.54) is 62.0 Å². The van der Waals surface area contributed by atoms with E-state index in [1.54, 1.807) is 0 Å². The molecular formula is C25H31N3S. The number of fused-ring (bicyclic) bond motifs is 1. The molecule has 29 heavy (non-hydrogen) atoms. The molecule has 4 heterocycles. The van der Waals surface area contributed by atoms with E-state index in [4.69, 9.17) is 0 Å². The monoisotopic (exact) mass is 405 g/mol. The van der Waals surface area contributed by atoms with E-state index in [1.807, 2.05) is 18.0 Å². The van der Waals surface area contributed by atoms with Gasteiger partial charge >= 0.3 is 0 Å². The second-order valence-electron chi connectivity index (χ2n) is 8.64. The maximum absolute atomic E-state index is 4.61. The number of pyridine rings is 1. The van der Waals surface area contributed by atoms with Gasteiger partial charge < -0.3 is 9.80 Å². The van der Waals surface area contributed by atoms with Gasteiger partial charge in [0.1, 0.15) is 0 Å². The number of rotatable bonds is 5. The first-order valence-corrected chi connectivity index (χ1v) is 12.2. The van der Waals surface area contributed by atoms with Crippen molar-refractivity contribution < 1.29 is 0 Å². The Morgan fingerprint density at radius 2 is 1.83 bits per heavy atom. The highest BCUT2D eigenvalue weighted by Crippen LogP contribution is 2.39. The van der Waals surface area contributed by atoms with E-state index in [2.05, 4.69) is 69.0 Å². The SMILES string of the molecule is C1=CC2C(c3cncc(C4C=CSC4)c3)=CN(CCN3CCCCCC3)C2C=C1. The predicted molar refractivity (Wildman–Crippen MR) is 124 cm³/mol. The highest BCUT2D eigenvalue weighted by molar-refractivity contribution is 8.02. The van der Waals surface area contributed by atoms with Crippen molar-refractivity contribution in [2.75, 3.05) is 31.9 Å². The summed E-state index contributed by atoms with van der Waals surface area (Å²) in [4.78, 5) is 9.85. The minimum atomic E-state index is 0.440. The fraction of sp³-hybridized carbons (Fsp3) is 0.480. The molecule has 4 aliphatic rings. The van der Waals surface area contributed by atoms with E-state index in [9.17, 15) is 0 Å². The van der Waals surface area contributed by atoms with Crippen LogP contribution in [0, 0.1) is 5.92 Å². The first-order valence-electron chi connectivity index (χ1n) is 11.2. The molecule has 5 rings (SSSR count). The standard InChI is InChI=1S/C25H31N3S/c1-2-6-11-27(10-5-1)12-13-28-18-24(23-7-3-4-8-25(23)28)22-15-21(16-26-17-22)20-9-14-29-19-20/h3-4,7-9,14-18,20,23,25H,1-2,5-6,10-13,19H2. The molecule has 1 aromatic rings. The van der Waals surface area contributed by atoms with E-state index in [0.717, 1.165) is 12.3 Å². The van der Waals surface area contributed by atoms with Crippen LogP contribution in [0.5, 0.6) is 0 Å². The van der Waals surface area contributed by atoms with Gasteiger partial charge in [-0.1, -0.05) is 43.2 Å². The molecular weight excluding hydrogens is 374 g/mol. The normalized spacial score (nSPS) is 29.2. The molecule has 0 N–H and O–H groups in total. The second kappa shape index (κ2) is 8.93. The molecule has 0 saturated carbocycles. The largest absolute Gasteiger partial charge is 0.368 e. The zero-order valence-corrected chi connectivity index (χ0v) is 17.9. The summed E-state index contributed by atoms with van der Waals surface area (Å²) in [5, 5.41) is 2.22. The lowest BCUT2D eigenvalue weighted by molar-refractivity contribution is 0.228. The van der Waals surface area contributed by atoms with Crippen LogP contribution in [0.2, 0.25) is 0 Å². The number of likely N-dealkylation sites (tertiary alicyclic amines) is 1.